The van der Waals surface area contributed by atoms with E-state index in [1.54, 1.807) is 0 Å². The Morgan fingerprint density at radius 2 is 2.42 bits per heavy atom. The van der Waals surface area contributed by atoms with E-state index in [0.29, 0.717) is 12.0 Å². The van der Waals surface area contributed by atoms with Crippen LogP contribution in [0.25, 0.3) is 0 Å². The molecule has 1 aromatic rings. The number of nitrogens with zero attached hydrogens (tertiary/aromatic N) is 2. The topological polar surface area (TPSA) is 39.1 Å². The van der Waals surface area contributed by atoms with E-state index in [-0.39, 0.29) is 5.60 Å². The lowest BCUT2D eigenvalue weighted by atomic mass is 9.70. The summed E-state index contributed by atoms with van der Waals surface area (Å²) in [7, 11) is 1.99. The molecule has 1 spiro atoms. The lowest BCUT2D eigenvalue weighted by Gasteiger charge is -2.48. The van der Waals surface area contributed by atoms with Gasteiger partial charge in [0.25, 0.3) is 0 Å². The summed E-state index contributed by atoms with van der Waals surface area (Å²) in [5.74, 6) is 0.656. The summed E-state index contributed by atoms with van der Waals surface area (Å²) in [5, 5.41) is 8.25. The van der Waals surface area contributed by atoms with E-state index in [4.69, 9.17) is 4.74 Å². The Bertz CT molecular complexity index is 425. The zero-order chi connectivity index (χ0) is 13.3. The highest BCUT2D eigenvalue weighted by Crippen LogP contribution is 2.46. The monoisotopic (exact) mass is 263 g/mol. The van der Waals surface area contributed by atoms with E-state index in [0.717, 1.165) is 19.6 Å². The van der Waals surface area contributed by atoms with Gasteiger partial charge < -0.3 is 10.1 Å². The van der Waals surface area contributed by atoms with Gasteiger partial charge in [0.1, 0.15) is 0 Å². The molecule has 1 N–H and O–H groups in total. The number of ether oxygens (including phenoxy) is 1. The van der Waals surface area contributed by atoms with Crippen LogP contribution in [0.15, 0.2) is 12.3 Å². The number of nitrogens with one attached hydrogen (secondary N) is 1. The second-order valence-corrected chi connectivity index (χ2v) is 6.09. The van der Waals surface area contributed by atoms with Gasteiger partial charge in [0.15, 0.2) is 0 Å². The Morgan fingerprint density at radius 3 is 3.00 bits per heavy atom. The quantitative estimate of drug-likeness (QED) is 0.906. The Balaban J connectivity index is 1.75. The van der Waals surface area contributed by atoms with Gasteiger partial charge in [-0.05, 0) is 50.6 Å². The van der Waals surface area contributed by atoms with E-state index < -0.39 is 0 Å². The molecule has 3 rings (SSSR count). The Morgan fingerprint density at radius 1 is 1.58 bits per heavy atom. The summed E-state index contributed by atoms with van der Waals surface area (Å²) in [4.78, 5) is 0. The fraction of sp³-hybridized carbons (Fsp3) is 0.800. The minimum absolute atomic E-state index is 0.214. The smallest absolute Gasteiger partial charge is 0.0796 e. The van der Waals surface area contributed by atoms with Crippen LogP contribution in [0.5, 0.6) is 0 Å². The molecule has 1 saturated carbocycles. The highest BCUT2D eigenvalue weighted by molar-refractivity contribution is 5.09. The molecule has 4 heteroatoms. The van der Waals surface area contributed by atoms with Crippen LogP contribution in [0, 0.1) is 5.92 Å². The second-order valence-electron chi connectivity index (χ2n) is 6.09. The zero-order valence-electron chi connectivity index (χ0n) is 12.1. The molecule has 2 heterocycles. The maximum atomic E-state index is 6.05. The molecule has 1 saturated heterocycles. The molecule has 2 unspecified atom stereocenters. The lowest BCUT2D eigenvalue weighted by Crippen LogP contribution is -2.48. The van der Waals surface area contributed by atoms with E-state index in [1.807, 2.05) is 17.9 Å². The maximum Gasteiger partial charge on any atom is 0.0796 e. The summed E-state index contributed by atoms with van der Waals surface area (Å²) in [6.45, 7) is 4.08. The predicted molar refractivity (Wildman–Crippen MR) is 74.9 cm³/mol. The van der Waals surface area contributed by atoms with Crippen LogP contribution < -0.4 is 5.32 Å². The average molecular weight is 263 g/mol. The molecular formula is C15H25N3O. The fourth-order valence-electron chi connectivity index (χ4n) is 3.60. The first-order valence-electron chi connectivity index (χ1n) is 7.59. The molecular weight excluding hydrogens is 238 g/mol. The second kappa shape index (κ2) is 5.25. The van der Waals surface area contributed by atoms with Gasteiger partial charge in [-0.3, -0.25) is 4.68 Å². The van der Waals surface area contributed by atoms with Gasteiger partial charge in [-0.15, -0.1) is 0 Å². The maximum absolute atomic E-state index is 6.05. The third-order valence-electron chi connectivity index (χ3n) is 4.74. The third kappa shape index (κ3) is 2.56. The van der Waals surface area contributed by atoms with Crippen molar-refractivity contribution in [2.45, 2.75) is 50.7 Å². The van der Waals surface area contributed by atoms with Gasteiger partial charge in [0.2, 0.25) is 0 Å². The van der Waals surface area contributed by atoms with E-state index in [2.05, 4.69) is 23.4 Å². The largest absolute Gasteiger partial charge is 0.375 e. The van der Waals surface area contributed by atoms with E-state index in [1.165, 1.54) is 31.4 Å². The minimum Gasteiger partial charge on any atom is -0.375 e. The minimum atomic E-state index is 0.214. The van der Waals surface area contributed by atoms with E-state index >= 15 is 0 Å². The Kier molecular flexibility index (Phi) is 3.63. The molecule has 2 fully saturated rings. The first kappa shape index (κ1) is 13.1. The molecule has 4 nitrogen and oxygen atoms in total. The van der Waals surface area contributed by atoms with Crippen molar-refractivity contribution in [3.8, 4) is 0 Å². The third-order valence-corrected chi connectivity index (χ3v) is 4.74. The Hall–Kier alpha value is -0.870. The van der Waals surface area contributed by atoms with Gasteiger partial charge in [-0.1, -0.05) is 6.92 Å². The molecule has 0 bridgehead atoms. The highest BCUT2D eigenvalue weighted by atomic mass is 16.5. The summed E-state index contributed by atoms with van der Waals surface area (Å²) in [6, 6.07) is 2.53. The van der Waals surface area contributed by atoms with Gasteiger partial charge in [-0.2, -0.15) is 5.10 Å². The number of hydrogen-bond donors (Lipinski definition) is 1. The van der Waals surface area contributed by atoms with E-state index in [9.17, 15) is 0 Å². The van der Waals surface area contributed by atoms with Crippen LogP contribution in [0.1, 0.15) is 50.8 Å². The van der Waals surface area contributed by atoms with Gasteiger partial charge in [0.05, 0.1) is 17.3 Å². The molecule has 2 atom stereocenters. The van der Waals surface area contributed by atoms with Gasteiger partial charge in [-0.25, -0.2) is 0 Å². The van der Waals surface area contributed by atoms with Gasteiger partial charge in [0, 0.05) is 19.9 Å². The summed E-state index contributed by atoms with van der Waals surface area (Å²) in [6.07, 6.45) is 8.23. The van der Waals surface area contributed by atoms with Crippen LogP contribution in [0.4, 0.5) is 0 Å². The molecule has 0 aromatic carbocycles. The summed E-state index contributed by atoms with van der Waals surface area (Å²) < 4.78 is 7.95. The van der Waals surface area contributed by atoms with Crippen LogP contribution in [-0.4, -0.2) is 28.5 Å². The standard InChI is InChI=1S/C15H25N3O/c1-3-16-14(13-5-9-18(2)17-13)12-6-10-19-15(11-12)7-4-8-15/h5,9,12,14,16H,3-4,6-8,10-11H2,1-2H3. The molecule has 2 aliphatic rings. The average Bonchev–Trinajstić information content (AvgIpc) is 2.80. The molecule has 1 aromatic heterocycles. The first-order chi connectivity index (χ1) is 9.22. The van der Waals surface area contributed by atoms with Crippen molar-refractivity contribution in [1.82, 2.24) is 15.1 Å². The van der Waals surface area contributed by atoms with Crippen molar-refractivity contribution in [3.63, 3.8) is 0 Å². The number of aryl methyl sites for hydroxylation is 1. The van der Waals surface area contributed by atoms with Crippen molar-refractivity contribution in [1.29, 1.82) is 0 Å². The van der Waals surface area contributed by atoms with Crippen LogP contribution >= 0.6 is 0 Å². The van der Waals surface area contributed by atoms with Gasteiger partial charge >= 0.3 is 0 Å². The number of hydrogen-bond acceptors (Lipinski definition) is 3. The lowest BCUT2D eigenvalue weighted by molar-refractivity contribution is -0.147. The SMILES string of the molecule is CCNC(c1ccn(C)n1)C1CCOC2(CCC2)C1. The molecule has 106 valence electrons. The van der Waals surface area contributed by atoms with Crippen molar-refractivity contribution in [3.05, 3.63) is 18.0 Å². The molecule has 1 aliphatic heterocycles. The van der Waals surface area contributed by atoms with Crippen molar-refractivity contribution < 1.29 is 4.74 Å². The number of aromatic nitrogens is 2. The first-order valence-corrected chi connectivity index (χ1v) is 7.59. The van der Waals surface area contributed by atoms with Crippen molar-refractivity contribution >= 4 is 0 Å². The van der Waals surface area contributed by atoms with Crippen molar-refractivity contribution in [2.75, 3.05) is 13.2 Å². The predicted octanol–water partition coefficient (Wildman–Crippen LogP) is 2.42. The Labute approximate surface area is 115 Å². The molecule has 0 radical (unpaired) electrons. The summed E-state index contributed by atoms with van der Waals surface area (Å²) in [5.41, 5.74) is 1.40. The molecule has 19 heavy (non-hydrogen) atoms. The van der Waals surface area contributed by atoms with Crippen LogP contribution in [-0.2, 0) is 11.8 Å². The molecule has 0 amide bonds. The zero-order valence-corrected chi connectivity index (χ0v) is 12.1. The van der Waals surface area contributed by atoms with Crippen LogP contribution in [0.3, 0.4) is 0 Å². The van der Waals surface area contributed by atoms with Crippen LogP contribution in [0.2, 0.25) is 0 Å². The van der Waals surface area contributed by atoms with Crippen molar-refractivity contribution in [2.24, 2.45) is 13.0 Å². The molecule has 1 aliphatic carbocycles. The normalized spacial score (nSPS) is 27.2. The summed E-state index contributed by atoms with van der Waals surface area (Å²) >= 11 is 0. The fourth-order valence-corrected chi connectivity index (χ4v) is 3.60. The number of rotatable bonds is 4. The highest BCUT2D eigenvalue weighted by Gasteiger charge is 2.44.